The van der Waals surface area contributed by atoms with Gasteiger partial charge in [-0.15, -0.1) is 0 Å². The number of hydrogen-bond acceptors (Lipinski definition) is 26. The van der Waals surface area contributed by atoms with Crippen LogP contribution in [0.3, 0.4) is 0 Å². The van der Waals surface area contributed by atoms with Crippen LogP contribution >= 0.6 is 0 Å². The molecule has 34 atom stereocenters. The second-order valence-corrected chi connectivity index (χ2v) is 26.6. The molecule has 0 aromatic rings. The fraction of sp³-hybridized carbons (Fsp3) is 1.00. The van der Waals surface area contributed by atoms with Crippen molar-refractivity contribution in [3.8, 4) is 0 Å². The van der Waals surface area contributed by atoms with Crippen molar-refractivity contribution in [2.75, 3.05) is 33.0 Å². The Morgan fingerprint density at radius 2 is 0.807 bits per heavy atom. The van der Waals surface area contributed by atoms with Gasteiger partial charge in [-0.25, -0.2) is 0 Å². The molecule has 5 saturated heterocycles. The first kappa shape index (κ1) is 66.4. The van der Waals surface area contributed by atoms with Crippen molar-refractivity contribution < 1.29 is 129 Å². The quantitative estimate of drug-likeness (QED) is 0.0528. The number of aliphatic hydroxyl groups excluding tert-OH is 16. The van der Waals surface area contributed by atoms with Crippen LogP contribution in [0.25, 0.3) is 0 Å². The van der Waals surface area contributed by atoms with Crippen LogP contribution in [0.2, 0.25) is 0 Å². The van der Waals surface area contributed by atoms with Crippen LogP contribution in [0.5, 0.6) is 0 Å². The predicted molar refractivity (Wildman–Crippen MR) is 282 cm³/mol. The van der Waals surface area contributed by atoms with E-state index in [-0.39, 0.29) is 11.5 Å². The van der Waals surface area contributed by atoms with Crippen molar-refractivity contribution in [2.45, 2.75) is 271 Å². The van der Waals surface area contributed by atoms with E-state index in [1.165, 1.54) is 44.9 Å². The first-order valence-electron chi connectivity index (χ1n) is 30.5. The molecule has 0 radical (unpaired) electrons. The maximum absolute atomic E-state index is 11.6. The molecule has 9 aliphatic rings. The standard InChI is InChI=1S/C57H98O26/c1-23(2)7-6-8-24(3)28-11-12-29-27-10-9-25-17-26(13-15-56(25,4)30(27)14-16-57(28,29)5)74-55-50(39(66)37(64)32(19-59)76-55)83-54-46(73)42(69)49(35(22-62)79-54)82-53-45(72)41(68)48(34(21-61)78-53)81-52-44(71)40(67)47(33(20-60)77-52)80-51-43(70)38(65)36(63)31(18-58)75-51/h23-55,58-73H,6-22H2,1-5H3/t24-,25?,26+,27?,28-,29?,30?,31?,32?,33?,34?,35?,36-,37-,38+,39+,40-,41-,42-,43?,44?,45?,46?,47-,48-,49-,50?,51-,52-,53-,54-,55+,56+,57-/m1/s1. The van der Waals surface area contributed by atoms with Crippen LogP contribution in [-0.2, 0) is 47.4 Å². The second kappa shape index (κ2) is 27.6. The van der Waals surface area contributed by atoms with Gasteiger partial charge < -0.3 is 129 Å². The van der Waals surface area contributed by atoms with E-state index in [1.54, 1.807) is 0 Å². The molecule has 9 rings (SSSR count). The van der Waals surface area contributed by atoms with Gasteiger partial charge in [-0.05, 0) is 110 Å². The lowest BCUT2D eigenvalue weighted by Gasteiger charge is -2.61. The summed E-state index contributed by atoms with van der Waals surface area (Å²) in [6, 6.07) is 0. The summed E-state index contributed by atoms with van der Waals surface area (Å²) < 4.78 is 58.8. The zero-order chi connectivity index (χ0) is 60.1. The molecule has 0 bridgehead atoms. The third-order valence-electron chi connectivity index (χ3n) is 21.4. The topological polar surface area (TPSA) is 416 Å². The summed E-state index contributed by atoms with van der Waals surface area (Å²) in [6.07, 6.45) is -31.5. The molecule has 0 aromatic heterocycles. The molecule has 5 heterocycles. The van der Waals surface area contributed by atoms with Crippen LogP contribution < -0.4 is 0 Å². The molecule has 83 heavy (non-hydrogen) atoms. The lowest BCUT2D eigenvalue weighted by atomic mass is 9.44. The van der Waals surface area contributed by atoms with Crippen molar-refractivity contribution in [2.24, 2.45) is 52.3 Å². The Balaban J connectivity index is 0.808. The van der Waals surface area contributed by atoms with Gasteiger partial charge in [0.25, 0.3) is 0 Å². The molecule has 14 unspecified atom stereocenters. The van der Waals surface area contributed by atoms with E-state index < -0.39 is 187 Å². The highest BCUT2D eigenvalue weighted by molar-refractivity contribution is 5.10. The molecule has 9 fully saturated rings. The van der Waals surface area contributed by atoms with Crippen molar-refractivity contribution >= 4 is 0 Å². The number of aliphatic hydroxyl groups is 16. The van der Waals surface area contributed by atoms with Gasteiger partial charge in [-0.1, -0.05) is 53.9 Å². The lowest BCUT2D eigenvalue weighted by molar-refractivity contribution is -0.396. The highest BCUT2D eigenvalue weighted by atomic mass is 16.8. The molecule has 0 amide bonds. The van der Waals surface area contributed by atoms with E-state index in [0.717, 1.165) is 42.9 Å². The van der Waals surface area contributed by atoms with E-state index in [2.05, 4.69) is 34.6 Å². The van der Waals surface area contributed by atoms with Crippen molar-refractivity contribution in [3.05, 3.63) is 0 Å². The molecule has 482 valence electrons. The second-order valence-electron chi connectivity index (χ2n) is 26.6. The molecular weight excluding hydrogens is 1100 g/mol. The monoisotopic (exact) mass is 1200 g/mol. The van der Waals surface area contributed by atoms with E-state index in [4.69, 9.17) is 47.4 Å². The summed E-state index contributed by atoms with van der Waals surface area (Å²) in [6.45, 7) is 7.88. The van der Waals surface area contributed by atoms with Gasteiger partial charge in [0, 0.05) is 0 Å². The van der Waals surface area contributed by atoms with Gasteiger partial charge in [-0.3, -0.25) is 0 Å². The minimum atomic E-state index is -2.11. The van der Waals surface area contributed by atoms with E-state index >= 15 is 0 Å². The van der Waals surface area contributed by atoms with Gasteiger partial charge in [0.05, 0.1) is 39.1 Å². The maximum atomic E-state index is 11.6. The Hall–Kier alpha value is -1.04. The minimum Gasteiger partial charge on any atom is -0.394 e. The smallest absolute Gasteiger partial charge is 0.187 e. The molecule has 4 aliphatic carbocycles. The molecule has 26 heteroatoms. The third kappa shape index (κ3) is 13.0. The number of ether oxygens (including phenoxy) is 10. The van der Waals surface area contributed by atoms with Crippen molar-refractivity contribution in [1.29, 1.82) is 0 Å². The van der Waals surface area contributed by atoms with Gasteiger partial charge >= 0.3 is 0 Å². The Labute approximate surface area is 484 Å². The number of hydrogen-bond donors (Lipinski definition) is 16. The van der Waals surface area contributed by atoms with Gasteiger partial charge in [0.1, 0.15) is 122 Å². The van der Waals surface area contributed by atoms with E-state index in [1.807, 2.05) is 0 Å². The molecule has 5 aliphatic heterocycles. The summed E-state index contributed by atoms with van der Waals surface area (Å²) in [5.41, 5.74) is 0.465. The van der Waals surface area contributed by atoms with E-state index in [0.29, 0.717) is 36.0 Å². The highest BCUT2D eigenvalue weighted by Gasteiger charge is 2.62. The molecule has 0 aromatic carbocycles. The molecule has 4 saturated carbocycles. The fourth-order valence-corrected chi connectivity index (χ4v) is 16.7. The van der Waals surface area contributed by atoms with Crippen LogP contribution in [0.15, 0.2) is 0 Å². The molecule has 26 nitrogen and oxygen atoms in total. The van der Waals surface area contributed by atoms with Crippen LogP contribution in [-0.4, -0.2) is 274 Å². The first-order chi connectivity index (χ1) is 39.4. The lowest BCUT2D eigenvalue weighted by Crippen LogP contribution is -2.68. The largest absolute Gasteiger partial charge is 0.394 e. The molecular formula is C57H98O26. The first-order valence-corrected chi connectivity index (χ1v) is 30.5. The Morgan fingerprint density at radius 3 is 1.29 bits per heavy atom. The van der Waals surface area contributed by atoms with E-state index in [9.17, 15) is 81.7 Å². The normalized spacial score (nSPS) is 52.6. The van der Waals surface area contributed by atoms with Crippen LogP contribution in [0.1, 0.15) is 112 Å². The highest BCUT2D eigenvalue weighted by Crippen LogP contribution is 2.68. The van der Waals surface area contributed by atoms with Crippen LogP contribution in [0.4, 0.5) is 0 Å². The number of fused-ring (bicyclic) bond motifs is 5. The third-order valence-corrected chi connectivity index (χ3v) is 21.4. The van der Waals surface area contributed by atoms with Gasteiger partial charge in [0.15, 0.2) is 31.5 Å². The van der Waals surface area contributed by atoms with Gasteiger partial charge in [0.2, 0.25) is 0 Å². The number of rotatable bonds is 20. The van der Waals surface area contributed by atoms with Crippen LogP contribution in [0, 0.1) is 52.3 Å². The summed E-state index contributed by atoms with van der Waals surface area (Å²) in [5.74, 6) is 4.55. The Bertz CT molecular complexity index is 2030. The van der Waals surface area contributed by atoms with Crippen molar-refractivity contribution in [1.82, 2.24) is 0 Å². The average molecular weight is 1200 g/mol. The maximum Gasteiger partial charge on any atom is 0.187 e. The fourth-order valence-electron chi connectivity index (χ4n) is 16.7. The minimum absolute atomic E-state index is 0.105. The average Bonchev–Trinajstić information content (AvgIpc) is 2.30. The Kier molecular flexibility index (Phi) is 22.1. The summed E-state index contributed by atoms with van der Waals surface area (Å²) in [7, 11) is 0. The molecule has 0 spiro atoms. The summed E-state index contributed by atoms with van der Waals surface area (Å²) >= 11 is 0. The van der Waals surface area contributed by atoms with Crippen molar-refractivity contribution in [3.63, 3.8) is 0 Å². The molecule has 16 N–H and O–H groups in total. The van der Waals surface area contributed by atoms with Gasteiger partial charge in [-0.2, -0.15) is 0 Å². The predicted octanol–water partition coefficient (Wildman–Crippen LogP) is -3.41. The summed E-state index contributed by atoms with van der Waals surface area (Å²) in [4.78, 5) is 0. The summed E-state index contributed by atoms with van der Waals surface area (Å²) in [5, 5.41) is 173. The SMILES string of the molecule is CC(C)CCC[C@@H](C)[C@H]1CCC2C3CCC4C[C@@H](O[C@H]5OC(CO)[C@@H](O)[C@H](O)C5O[C@H]5OC(CO)[C@@H](O[C@H]6OC(CO)[C@@H](O[C@H]7OC(CO)[C@@H](O[C@H]8OC(CO)[C@@H](O)[C@H](O)C8O)[C@H](O)C7O)[C@H](O)C6O)[C@H](O)C5O)CC[C@]4(C)C3CC[C@@]21C. The zero-order valence-electron chi connectivity index (χ0n) is 48.3. The Morgan fingerprint density at radius 1 is 0.398 bits per heavy atom. The zero-order valence-corrected chi connectivity index (χ0v) is 48.3.